The SMILES string of the molecule is Cc1cc(N(N)CCOC(=O)Nc2ccc(C(=O)C=Cc3ccccn3)cc2)no1. The molecule has 0 aliphatic carbocycles. The number of nitrogens with zero attached hydrogens (tertiary/aromatic N) is 3. The van der Waals surface area contributed by atoms with E-state index in [-0.39, 0.29) is 18.9 Å². The van der Waals surface area contributed by atoms with E-state index in [0.717, 1.165) is 0 Å². The van der Waals surface area contributed by atoms with Crippen LogP contribution in [0, 0.1) is 6.92 Å². The largest absolute Gasteiger partial charge is 0.447 e. The fourth-order valence-corrected chi connectivity index (χ4v) is 2.44. The topological polar surface area (TPSA) is 124 Å². The Bertz CT molecular complexity index is 1020. The predicted molar refractivity (Wildman–Crippen MR) is 112 cm³/mol. The van der Waals surface area contributed by atoms with Crippen LogP contribution in [0.5, 0.6) is 0 Å². The minimum absolute atomic E-state index is 0.0587. The third kappa shape index (κ3) is 6.01. The highest BCUT2D eigenvalue weighted by molar-refractivity contribution is 6.07. The molecule has 0 aliphatic heterocycles. The van der Waals surface area contributed by atoms with Crippen molar-refractivity contribution < 1.29 is 18.8 Å². The van der Waals surface area contributed by atoms with Gasteiger partial charge in [-0.2, -0.15) is 0 Å². The number of pyridine rings is 1. The van der Waals surface area contributed by atoms with Crippen LogP contribution >= 0.6 is 0 Å². The summed E-state index contributed by atoms with van der Waals surface area (Å²) in [5.74, 6) is 6.73. The first kappa shape index (κ1) is 20.7. The zero-order chi connectivity index (χ0) is 21.3. The maximum atomic E-state index is 12.2. The van der Waals surface area contributed by atoms with Crippen LogP contribution < -0.4 is 16.2 Å². The quantitative estimate of drug-likeness (QED) is 0.252. The number of aromatic nitrogens is 2. The minimum atomic E-state index is -0.631. The van der Waals surface area contributed by atoms with Gasteiger partial charge in [0.25, 0.3) is 0 Å². The molecule has 0 aliphatic rings. The summed E-state index contributed by atoms with van der Waals surface area (Å²) in [5, 5.41) is 7.68. The molecule has 9 heteroatoms. The smallest absolute Gasteiger partial charge is 0.411 e. The van der Waals surface area contributed by atoms with E-state index >= 15 is 0 Å². The summed E-state index contributed by atoms with van der Waals surface area (Å²) < 4.78 is 10.0. The molecule has 1 amide bonds. The van der Waals surface area contributed by atoms with E-state index in [4.69, 9.17) is 15.1 Å². The molecule has 0 radical (unpaired) electrons. The Morgan fingerprint density at radius 2 is 2.03 bits per heavy atom. The van der Waals surface area contributed by atoms with Gasteiger partial charge >= 0.3 is 6.09 Å². The number of rotatable bonds is 8. The molecule has 0 saturated carbocycles. The Balaban J connectivity index is 1.44. The van der Waals surface area contributed by atoms with Crippen molar-refractivity contribution >= 4 is 29.5 Å². The van der Waals surface area contributed by atoms with Crippen molar-refractivity contribution in [3.8, 4) is 0 Å². The van der Waals surface area contributed by atoms with Crippen LogP contribution in [0.1, 0.15) is 21.8 Å². The average molecular weight is 407 g/mol. The molecule has 3 rings (SSSR count). The molecule has 2 aromatic heterocycles. The van der Waals surface area contributed by atoms with E-state index in [1.54, 1.807) is 61.7 Å². The number of ketones is 1. The standard InChI is InChI=1S/C21H21N5O4/c1-15-14-20(25-30-15)26(22)12-13-29-21(28)24-18-7-5-16(6-8-18)19(27)10-9-17-4-2-3-11-23-17/h2-11,14H,12-13,22H2,1H3,(H,24,28). The summed E-state index contributed by atoms with van der Waals surface area (Å²) in [5.41, 5.74) is 1.69. The van der Waals surface area contributed by atoms with Crippen molar-refractivity contribution in [1.29, 1.82) is 0 Å². The summed E-state index contributed by atoms with van der Waals surface area (Å²) >= 11 is 0. The number of allylic oxidation sites excluding steroid dienone is 1. The number of hydrazine groups is 1. The van der Waals surface area contributed by atoms with Crippen LogP contribution in [-0.4, -0.2) is 35.2 Å². The lowest BCUT2D eigenvalue weighted by molar-refractivity contribution is 0.104. The maximum absolute atomic E-state index is 12.2. The third-order valence-corrected chi connectivity index (χ3v) is 3.98. The number of hydrogen-bond acceptors (Lipinski definition) is 8. The first-order chi connectivity index (χ1) is 14.5. The highest BCUT2D eigenvalue weighted by Gasteiger charge is 2.09. The molecule has 1 aromatic carbocycles. The highest BCUT2D eigenvalue weighted by atomic mass is 16.5. The van der Waals surface area contributed by atoms with Gasteiger partial charge in [0.2, 0.25) is 0 Å². The van der Waals surface area contributed by atoms with Crippen LogP contribution in [-0.2, 0) is 4.74 Å². The molecule has 0 saturated heterocycles. The molecule has 3 aromatic rings. The normalized spacial score (nSPS) is 10.7. The van der Waals surface area contributed by atoms with E-state index in [1.807, 2.05) is 6.07 Å². The van der Waals surface area contributed by atoms with Gasteiger partial charge in [-0.05, 0) is 55.5 Å². The van der Waals surface area contributed by atoms with E-state index < -0.39 is 6.09 Å². The summed E-state index contributed by atoms with van der Waals surface area (Å²) in [6.07, 6.45) is 4.12. The number of hydrogen-bond donors (Lipinski definition) is 2. The van der Waals surface area contributed by atoms with E-state index in [2.05, 4.69) is 15.5 Å². The number of carbonyl (C=O) groups is 2. The summed E-state index contributed by atoms with van der Waals surface area (Å²) in [4.78, 5) is 28.2. The van der Waals surface area contributed by atoms with Crippen molar-refractivity contribution in [2.45, 2.75) is 6.92 Å². The minimum Gasteiger partial charge on any atom is -0.447 e. The average Bonchev–Trinajstić information content (AvgIpc) is 3.19. The van der Waals surface area contributed by atoms with Crippen LogP contribution in [0.15, 0.2) is 65.3 Å². The van der Waals surface area contributed by atoms with Crippen LogP contribution in [0.3, 0.4) is 0 Å². The Hall–Kier alpha value is -3.98. The van der Waals surface area contributed by atoms with Crippen molar-refractivity contribution in [3.05, 3.63) is 77.8 Å². The number of benzene rings is 1. The fourth-order valence-electron chi connectivity index (χ4n) is 2.44. The molecule has 0 fully saturated rings. The molecule has 0 unspecified atom stereocenters. The van der Waals surface area contributed by atoms with Crippen molar-refractivity contribution in [2.75, 3.05) is 23.5 Å². The molecular weight excluding hydrogens is 386 g/mol. The van der Waals surface area contributed by atoms with Crippen molar-refractivity contribution in [1.82, 2.24) is 10.1 Å². The number of nitrogens with one attached hydrogen (secondary N) is 1. The highest BCUT2D eigenvalue weighted by Crippen LogP contribution is 2.12. The van der Waals surface area contributed by atoms with E-state index in [1.165, 1.54) is 11.1 Å². The molecular formula is C21H21N5O4. The van der Waals surface area contributed by atoms with Crippen molar-refractivity contribution in [3.63, 3.8) is 0 Å². The van der Waals surface area contributed by atoms with Crippen molar-refractivity contribution in [2.24, 2.45) is 5.84 Å². The molecule has 2 heterocycles. The first-order valence-electron chi connectivity index (χ1n) is 9.14. The molecule has 0 bridgehead atoms. The molecule has 154 valence electrons. The Kier molecular flexibility index (Phi) is 6.91. The predicted octanol–water partition coefficient (Wildman–Crippen LogP) is 3.20. The van der Waals surface area contributed by atoms with Crippen LogP contribution in [0.25, 0.3) is 6.08 Å². The summed E-state index contributed by atoms with van der Waals surface area (Å²) in [7, 11) is 0. The second-order valence-electron chi connectivity index (χ2n) is 6.28. The van der Waals surface area contributed by atoms with Gasteiger partial charge in [0, 0.05) is 23.5 Å². The second kappa shape index (κ2) is 9.99. The van der Waals surface area contributed by atoms with Gasteiger partial charge in [0.15, 0.2) is 11.6 Å². The molecule has 30 heavy (non-hydrogen) atoms. The van der Waals surface area contributed by atoms with Gasteiger partial charge in [-0.1, -0.05) is 11.2 Å². The summed E-state index contributed by atoms with van der Waals surface area (Å²) in [6.45, 7) is 2.06. The number of nitrogens with two attached hydrogens (primary N) is 1. The fraction of sp³-hybridized carbons (Fsp3) is 0.143. The number of ether oxygens (including phenoxy) is 1. The Morgan fingerprint density at radius 3 is 2.70 bits per heavy atom. The number of anilines is 2. The maximum Gasteiger partial charge on any atom is 0.411 e. The number of amides is 1. The van der Waals surface area contributed by atoms with Crippen LogP contribution in [0.2, 0.25) is 0 Å². The first-order valence-corrected chi connectivity index (χ1v) is 9.14. The Labute approximate surface area is 173 Å². The van der Waals surface area contributed by atoms with Gasteiger partial charge in [0.05, 0.1) is 12.2 Å². The van der Waals surface area contributed by atoms with Gasteiger partial charge in [-0.15, -0.1) is 0 Å². The van der Waals surface area contributed by atoms with Gasteiger partial charge in [0.1, 0.15) is 12.4 Å². The molecule has 0 spiro atoms. The van der Waals surface area contributed by atoms with Crippen LogP contribution in [0.4, 0.5) is 16.3 Å². The number of aryl methyl sites for hydroxylation is 1. The summed E-state index contributed by atoms with van der Waals surface area (Å²) in [6, 6.07) is 13.6. The monoisotopic (exact) mass is 407 g/mol. The van der Waals surface area contributed by atoms with E-state index in [9.17, 15) is 9.59 Å². The lowest BCUT2D eigenvalue weighted by Gasteiger charge is -2.14. The lowest BCUT2D eigenvalue weighted by atomic mass is 10.1. The molecule has 0 atom stereocenters. The molecule has 3 N–H and O–H groups in total. The Morgan fingerprint density at radius 1 is 1.23 bits per heavy atom. The third-order valence-electron chi connectivity index (χ3n) is 3.98. The second-order valence-corrected chi connectivity index (χ2v) is 6.28. The van der Waals surface area contributed by atoms with Gasteiger partial charge in [-0.3, -0.25) is 20.1 Å². The zero-order valence-corrected chi connectivity index (χ0v) is 16.3. The van der Waals surface area contributed by atoms with Gasteiger partial charge in [-0.25, -0.2) is 10.6 Å². The van der Waals surface area contributed by atoms with E-state index in [0.29, 0.717) is 28.5 Å². The number of carbonyl (C=O) groups excluding carboxylic acids is 2. The van der Waals surface area contributed by atoms with Gasteiger partial charge < -0.3 is 9.26 Å². The molecule has 9 nitrogen and oxygen atoms in total. The zero-order valence-electron chi connectivity index (χ0n) is 16.3. The lowest BCUT2D eigenvalue weighted by Crippen LogP contribution is -2.35.